The number of anilines is 1. The fraction of sp³-hybridized carbons (Fsp3) is 0.556. The van der Waals surface area contributed by atoms with Gasteiger partial charge in [-0.3, -0.25) is 9.59 Å². The Morgan fingerprint density at radius 1 is 1.23 bits per heavy atom. The number of hydrogen-bond donors (Lipinski definition) is 1. The van der Waals surface area contributed by atoms with Crippen LogP contribution in [0.1, 0.15) is 19.3 Å². The van der Waals surface area contributed by atoms with Crippen LogP contribution in [-0.4, -0.2) is 57.6 Å². The van der Waals surface area contributed by atoms with Gasteiger partial charge in [0.1, 0.15) is 0 Å². The molecule has 0 bridgehead atoms. The first-order chi connectivity index (χ1) is 12.3. The average molecular weight is 379 g/mol. The number of rotatable bonds is 5. The number of amides is 2. The molecule has 2 atom stereocenters. The van der Waals surface area contributed by atoms with E-state index in [4.69, 9.17) is 0 Å². The van der Waals surface area contributed by atoms with Crippen molar-refractivity contribution in [3.8, 4) is 0 Å². The maximum Gasteiger partial charge on any atom is 0.228 e. The van der Waals surface area contributed by atoms with Gasteiger partial charge in [-0.2, -0.15) is 0 Å². The number of carbonyl (C=O) groups is 2. The number of likely N-dealkylation sites (tertiary alicyclic amines) is 1. The van der Waals surface area contributed by atoms with E-state index in [9.17, 15) is 18.0 Å². The molecule has 0 radical (unpaired) electrons. The van der Waals surface area contributed by atoms with E-state index in [-0.39, 0.29) is 30.1 Å². The summed E-state index contributed by atoms with van der Waals surface area (Å²) >= 11 is 0. The maximum atomic E-state index is 12.9. The van der Waals surface area contributed by atoms with Crippen LogP contribution in [-0.2, 0) is 19.6 Å². The van der Waals surface area contributed by atoms with Crippen LogP contribution in [0, 0.1) is 11.8 Å². The Labute approximate surface area is 154 Å². The largest absolute Gasteiger partial charge is 0.342 e. The molecule has 3 rings (SSSR count). The summed E-state index contributed by atoms with van der Waals surface area (Å²) in [7, 11) is -3.23. The highest BCUT2D eigenvalue weighted by Gasteiger charge is 2.38. The van der Waals surface area contributed by atoms with Crippen molar-refractivity contribution in [3.63, 3.8) is 0 Å². The second-order valence-corrected chi connectivity index (χ2v) is 8.99. The molecule has 1 N–H and O–H groups in total. The lowest BCUT2D eigenvalue weighted by Gasteiger charge is -2.34. The van der Waals surface area contributed by atoms with Crippen LogP contribution < -0.4 is 9.62 Å². The van der Waals surface area contributed by atoms with E-state index in [1.807, 2.05) is 30.3 Å². The minimum Gasteiger partial charge on any atom is -0.342 e. The molecule has 1 aromatic rings. The van der Waals surface area contributed by atoms with E-state index in [0.29, 0.717) is 26.2 Å². The minimum atomic E-state index is -3.23. The van der Waals surface area contributed by atoms with E-state index in [0.717, 1.165) is 24.8 Å². The lowest BCUT2D eigenvalue weighted by atomic mass is 9.96. The number of sulfonamides is 1. The maximum absolute atomic E-state index is 12.9. The molecule has 1 aromatic carbocycles. The highest BCUT2D eigenvalue weighted by molar-refractivity contribution is 7.88. The van der Waals surface area contributed by atoms with Crippen molar-refractivity contribution < 1.29 is 18.0 Å². The van der Waals surface area contributed by atoms with Gasteiger partial charge in [0.15, 0.2) is 0 Å². The van der Waals surface area contributed by atoms with Crippen molar-refractivity contribution in [2.24, 2.45) is 11.8 Å². The van der Waals surface area contributed by atoms with E-state index in [2.05, 4.69) is 4.72 Å². The Morgan fingerprint density at radius 2 is 1.96 bits per heavy atom. The zero-order valence-electron chi connectivity index (χ0n) is 14.9. The van der Waals surface area contributed by atoms with Gasteiger partial charge in [0, 0.05) is 38.3 Å². The molecule has 0 saturated carbocycles. The summed E-state index contributed by atoms with van der Waals surface area (Å²) < 4.78 is 25.1. The molecule has 26 heavy (non-hydrogen) atoms. The Bertz CT molecular complexity index is 766. The van der Waals surface area contributed by atoms with Gasteiger partial charge in [-0.15, -0.1) is 0 Å². The SMILES string of the molecule is CS(=O)(=O)NC[C@H]1CCCN(C(=O)[C@H]2CC(=O)N(c3ccccc3)C2)C1. The van der Waals surface area contributed by atoms with Gasteiger partial charge in [0.2, 0.25) is 21.8 Å². The first kappa shape index (κ1) is 18.8. The van der Waals surface area contributed by atoms with Crippen LogP contribution in [0.25, 0.3) is 0 Å². The predicted octanol–water partition coefficient (Wildman–Crippen LogP) is 0.827. The second kappa shape index (κ2) is 7.75. The monoisotopic (exact) mass is 379 g/mol. The molecule has 142 valence electrons. The van der Waals surface area contributed by atoms with E-state index in [1.165, 1.54) is 0 Å². The zero-order chi connectivity index (χ0) is 18.7. The van der Waals surface area contributed by atoms with Crippen molar-refractivity contribution in [3.05, 3.63) is 30.3 Å². The van der Waals surface area contributed by atoms with Crippen molar-refractivity contribution in [2.45, 2.75) is 19.3 Å². The molecule has 0 aromatic heterocycles. The second-order valence-electron chi connectivity index (χ2n) is 7.15. The number of hydrogen-bond acceptors (Lipinski definition) is 4. The van der Waals surface area contributed by atoms with Crippen molar-refractivity contribution >= 4 is 27.5 Å². The standard InChI is InChI=1S/C18H25N3O4S/c1-26(24,25)19-11-14-6-5-9-20(12-14)18(23)15-10-17(22)21(13-15)16-7-3-2-4-8-16/h2-4,7-8,14-15,19H,5-6,9-13H2,1H3/t14-,15+/m1/s1. The van der Waals surface area contributed by atoms with Gasteiger partial charge >= 0.3 is 0 Å². The number of nitrogens with zero attached hydrogens (tertiary/aromatic N) is 2. The number of carbonyl (C=O) groups excluding carboxylic acids is 2. The minimum absolute atomic E-state index is 0.000775. The molecule has 2 aliphatic heterocycles. The quantitative estimate of drug-likeness (QED) is 0.821. The lowest BCUT2D eigenvalue weighted by molar-refractivity contribution is -0.137. The van der Waals surface area contributed by atoms with Gasteiger partial charge in [-0.1, -0.05) is 18.2 Å². The lowest BCUT2D eigenvalue weighted by Crippen LogP contribution is -2.46. The third-order valence-corrected chi connectivity index (χ3v) is 5.70. The fourth-order valence-corrected chi connectivity index (χ4v) is 4.23. The van der Waals surface area contributed by atoms with Crippen LogP contribution in [0.2, 0.25) is 0 Å². The number of piperidine rings is 1. The third-order valence-electron chi connectivity index (χ3n) is 5.01. The molecule has 2 saturated heterocycles. The Kier molecular flexibility index (Phi) is 5.62. The fourth-order valence-electron chi connectivity index (χ4n) is 3.69. The number of benzene rings is 1. The molecule has 2 fully saturated rings. The molecule has 8 heteroatoms. The summed E-state index contributed by atoms with van der Waals surface area (Å²) in [6.07, 6.45) is 3.12. The van der Waals surface area contributed by atoms with Crippen LogP contribution in [0.5, 0.6) is 0 Å². The van der Waals surface area contributed by atoms with Crippen LogP contribution in [0.4, 0.5) is 5.69 Å². The molecule has 7 nitrogen and oxygen atoms in total. The van der Waals surface area contributed by atoms with E-state index in [1.54, 1.807) is 9.80 Å². The molecule has 2 amide bonds. The summed E-state index contributed by atoms with van der Waals surface area (Å²) in [5.41, 5.74) is 0.821. The van der Waals surface area contributed by atoms with Gasteiger partial charge in [0.25, 0.3) is 0 Å². The topological polar surface area (TPSA) is 86.8 Å². The van der Waals surface area contributed by atoms with Crippen molar-refractivity contribution in [2.75, 3.05) is 37.3 Å². The van der Waals surface area contributed by atoms with Gasteiger partial charge in [0.05, 0.1) is 12.2 Å². The zero-order valence-corrected chi connectivity index (χ0v) is 15.7. The van der Waals surface area contributed by atoms with Crippen molar-refractivity contribution in [1.29, 1.82) is 0 Å². The Hall–Kier alpha value is -1.93. The molecule has 2 aliphatic rings. The molecular formula is C18H25N3O4S. The summed E-state index contributed by atoms with van der Waals surface area (Å²) in [5, 5.41) is 0. The van der Waals surface area contributed by atoms with Crippen LogP contribution in [0.15, 0.2) is 30.3 Å². The van der Waals surface area contributed by atoms with E-state index < -0.39 is 10.0 Å². The van der Waals surface area contributed by atoms with Crippen LogP contribution in [0.3, 0.4) is 0 Å². The van der Waals surface area contributed by atoms with Gasteiger partial charge in [-0.25, -0.2) is 13.1 Å². The van der Waals surface area contributed by atoms with Gasteiger partial charge < -0.3 is 9.80 Å². The van der Waals surface area contributed by atoms with Gasteiger partial charge in [-0.05, 0) is 30.9 Å². The summed E-state index contributed by atoms with van der Waals surface area (Å²) in [6.45, 7) is 1.97. The first-order valence-electron chi connectivity index (χ1n) is 8.92. The molecule has 0 spiro atoms. The molecule has 0 unspecified atom stereocenters. The molecule has 0 aliphatic carbocycles. The predicted molar refractivity (Wildman–Crippen MR) is 99.1 cm³/mol. The number of nitrogens with one attached hydrogen (secondary N) is 1. The molecular weight excluding hydrogens is 354 g/mol. The average Bonchev–Trinajstić information content (AvgIpc) is 3.01. The highest BCUT2D eigenvalue weighted by atomic mass is 32.2. The number of para-hydroxylation sites is 1. The first-order valence-corrected chi connectivity index (χ1v) is 10.8. The normalized spacial score (nSPS) is 24.1. The smallest absolute Gasteiger partial charge is 0.228 e. The Balaban J connectivity index is 1.59. The van der Waals surface area contributed by atoms with E-state index >= 15 is 0 Å². The third kappa shape index (κ3) is 4.62. The highest BCUT2D eigenvalue weighted by Crippen LogP contribution is 2.27. The summed E-state index contributed by atoms with van der Waals surface area (Å²) in [6, 6.07) is 9.39. The van der Waals surface area contributed by atoms with Crippen molar-refractivity contribution in [1.82, 2.24) is 9.62 Å². The van der Waals surface area contributed by atoms with Crippen LogP contribution >= 0.6 is 0 Å². The molecule has 2 heterocycles. The summed E-state index contributed by atoms with van der Waals surface area (Å²) in [5.74, 6) is -0.239. The Morgan fingerprint density at radius 3 is 2.65 bits per heavy atom. The summed E-state index contributed by atoms with van der Waals surface area (Å²) in [4.78, 5) is 28.7.